The number of hydrogen-bond donors (Lipinski definition) is 1. The molecule has 0 spiro atoms. The van der Waals surface area contributed by atoms with Crippen LogP contribution in [0.15, 0.2) is 17.7 Å². The summed E-state index contributed by atoms with van der Waals surface area (Å²) in [6.07, 6.45) is 0. The number of anilines is 1. The van der Waals surface area contributed by atoms with Crippen LogP contribution in [0.5, 0.6) is 0 Å². The van der Waals surface area contributed by atoms with Gasteiger partial charge in [0.2, 0.25) is 5.13 Å². The minimum Gasteiger partial charge on any atom is -0.356 e. The van der Waals surface area contributed by atoms with E-state index in [9.17, 15) is 0 Å². The van der Waals surface area contributed by atoms with Crippen LogP contribution in [0.4, 0.5) is 5.13 Å². The summed E-state index contributed by atoms with van der Waals surface area (Å²) in [6.45, 7) is 6.49. The average molecular weight is 155 g/mol. The van der Waals surface area contributed by atoms with Gasteiger partial charge in [-0.1, -0.05) is 23.5 Å². The van der Waals surface area contributed by atoms with Crippen LogP contribution in [0.2, 0.25) is 0 Å². The van der Waals surface area contributed by atoms with E-state index in [1.54, 1.807) is 5.51 Å². The van der Waals surface area contributed by atoms with Gasteiger partial charge in [-0.2, -0.15) is 0 Å². The molecule has 0 atom stereocenters. The second kappa shape index (κ2) is 3.31. The van der Waals surface area contributed by atoms with E-state index in [1.165, 1.54) is 11.3 Å². The van der Waals surface area contributed by atoms with Gasteiger partial charge in [-0.15, -0.1) is 10.2 Å². The molecule has 1 heterocycles. The maximum absolute atomic E-state index is 3.80. The summed E-state index contributed by atoms with van der Waals surface area (Å²) < 4.78 is 0. The van der Waals surface area contributed by atoms with E-state index < -0.39 is 0 Å². The van der Waals surface area contributed by atoms with E-state index in [0.29, 0.717) is 0 Å². The van der Waals surface area contributed by atoms with Gasteiger partial charge < -0.3 is 5.32 Å². The first-order chi connectivity index (χ1) is 4.79. The van der Waals surface area contributed by atoms with Gasteiger partial charge in [-0.25, -0.2) is 0 Å². The Morgan fingerprint density at radius 3 is 3.20 bits per heavy atom. The van der Waals surface area contributed by atoms with Crippen LogP contribution in [-0.2, 0) is 0 Å². The first-order valence-corrected chi connectivity index (χ1v) is 3.81. The monoisotopic (exact) mass is 155 g/mol. The molecular formula is C6H9N3S. The topological polar surface area (TPSA) is 37.8 Å². The normalized spacial score (nSPS) is 9.30. The highest BCUT2D eigenvalue weighted by molar-refractivity contribution is 7.13. The second-order valence-electron chi connectivity index (χ2n) is 2.05. The zero-order valence-corrected chi connectivity index (χ0v) is 6.61. The van der Waals surface area contributed by atoms with Crippen molar-refractivity contribution in [2.75, 3.05) is 11.9 Å². The third-order valence-electron chi connectivity index (χ3n) is 0.901. The van der Waals surface area contributed by atoms with E-state index in [0.717, 1.165) is 17.2 Å². The standard InChI is InChI=1S/C6H9N3S/c1-5(2)3-7-6-9-8-4-10-6/h4H,1,3H2,2H3,(H,7,9). The Balaban J connectivity index is 2.35. The van der Waals surface area contributed by atoms with E-state index in [2.05, 4.69) is 22.1 Å². The van der Waals surface area contributed by atoms with Crippen LogP contribution < -0.4 is 5.32 Å². The number of hydrogen-bond acceptors (Lipinski definition) is 4. The SMILES string of the molecule is C=C(C)CNc1nncs1. The van der Waals surface area contributed by atoms with Gasteiger partial charge in [-0.3, -0.25) is 0 Å². The summed E-state index contributed by atoms with van der Waals surface area (Å²) in [5.41, 5.74) is 2.79. The van der Waals surface area contributed by atoms with Crippen molar-refractivity contribution < 1.29 is 0 Å². The first kappa shape index (κ1) is 7.21. The molecule has 0 aromatic carbocycles. The van der Waals surface area contributed by atoms with Crippen molar-refractivity contribution in [1.29, 1.82) is 0 Å². The number of aromatic nitrogens is 2. The fourth-order valence-corrected chi connectivity index (χ4v) is 0.921. The van der Waals surface area contributed by atoms with Crippen molar-refractivity contribution in [2.45, 2.75) is 6.92 Å². The molecule has 0 aliphatic carbocycles. The lowest BCUT2D eigenvalue weighted by molar-refractivity contribution is 1.07. The predicted octanol–water partition coefficient (Wildman–Crippen LogP) is 1.53. The van der Waals surface area contributed by atoms with Crippen molar-refractivity contribution >= 4 is 16.5 Å². The van der Waals surface area contributed by atoms with Crippen molar-refractivity contribution in [3.05, 3.63) is 17.7 Å². The molecule has 4 heteroatoms. The van der Waals surface area contributed by atoms with E-state index in [-0.39, 0.29) is 0 Å². The Labute approximate surface area is 63.8 Å². The lowest BCUT2D eigenvalue weighted by Crippen LogP contribution is -2.00. The maximum Gasteiger partial charge on any atom is 0.205 e. The van der Waals surface area contributed by atoms with Gasteiger partial charge in [0.25, 0.3) is 0 Å². The largest absolute Gasteiger partial charge is 0.356 e. The van der Waals surface area contributed by atoms with Crippen molar-refractivity contribution in [1.82, 2.24) is 10.2 Å². The fraction of sp³-hybridized carbons (Fsp3) is 0.333. The molecule has 0 aliphatic heterocycles. The molecule has 0 amide bonds. The first-order valence-electron chi connectivity index (χ1n) is 2.93. The second-order valence-corrected chi connectivity index (χ2v) is 2.89. The Kier molecular flexibility index (Phi) is 2.39. The molecule has 0 bridgehead atoms. The maximum atomic E-state index is 3.80. The van der Waals surface area contributed by atoms with Gasteiger partial charge in [0.15, 0.2) is 0 Å². The molecule has 1 rings (SSSR count). The molecule has 0 fully saturated rings. The zero-order valence-electron chi connectivity index (χ0n) is 5.79. The zero-order chi connectivity index (χ0) is 7.40. The predicted molar refractivity (Wildman–Crippen MR) is 43.2 cm³/mol. The number of nitrogens with zero attached hydrogens (tertiary/aromatic N) is 2. The third kappa shape index (κ3) is 2.14. The third-order valence-corrected chi connectivity index (χ3v) is 1.55. The Morgan fingerprint density at radius 2 is 2.70 bits per heavy atom. The number of rotatable bonds is 3. The quantitative estimate of drug-likeness (QED) is 0.672. The molecule has 0 radical (unpaired) electrons. The molecular weight excluding hydrogens is 146 g/mol. The minimum absolute atomic E-state index is 0.773. The Morgan fingerprint density at radius 1 is 1.90 bits per heavy atom. The van der Waals surface area contributed by atoms with E-state index >= 15 is 0 Å². The van der Waals surface area contributed by atoms with Gasteiger partial charge in [0.05, 0.1) is 0 Å². The summed E-state index contributed by atoms with van der Waals surface area (Å²) in [6, 6.07) is 0. The van der Waals surface area contributed by atoms with Crippen molar-refractivity contribution in [3.63, 3.8) is 0 Å². The highest BCUT2D eigenvalue weighted by atomic mass is 32.1. The average Bonchev–Trinajstić information content (AvgIpc) is 2.34. The molecule has 1 N–H and O–H groups in total. The molecule has 1 aromatic rings. The Hall–Kier alpha value is -0.900. The highest BCUT2D eigenvalue weighted by Crippen LogP contribution is 2.07. The van der Waals surface area contributed by atoms with Crippen molar-refractivity contribution in [3.8, 4) is 0 Å². The van der Waals surface area contributed by atoms with E-state index in [4.69, 9.17) is 0 Å². The van der Waals surface area contributed by atoms with Crippen LogP contribution in [-0.4, -0.2) is 16.7 Å². The molecule has 0 saturated carbocycles. The summed E-state index contributed by atoms with van der Waals surface area (Å²) in [5.74, 6) is 0. The summed E-state index contributed by atoms with van der Waals surface area (Å²) >= 11 is 1.49. The van der Waals surface area contributed by atoms with Crippen molar-refractivity contribution in [2.24, 2.45) is 0 Å². The van der Waals surface area contributed by atoms with Crippen LogP contribution in [0.25, 0.3) is 0 Å². The molecule has 0 aliphatic rings. The molecule has 0 saturated heterocycles. The van der Waals surface area contributed by atoms with Gasteiger partial charge >= 0.3 is 0 Å². The van der Waals surface area contributed by atoms with E-state index in [1.807, 2.05) is 6.92 Å². The fourth-order valence-electron chi connectivity index (χ4n) is 0.477. The number of nitrogens with one attached hydrogen (secondary N) is 1. The summed E-state index contributed by atoms with van der Waals surface area (Å²) in [4.78, 5) is 0. The van der Waals surface area contributed by atoms with Crippen LogP contribution in [0.3, 0.4) is 0 Å². The Bertz CT molecular complexity index is 205. The van der Waals surface area contributed by atoms with Crippen LogP contribution in [0.1, 0.15) is 6.92 Å². The molecule has 54 valence electrons. The molecule has 10 heavy (non-hydrogen) atoms. The minimum atomic E-state index is 0.773. The van der Waals surface area contributed by atoms with Crippen LogP contribution >= 0.6 is 11.3 Å². The lowest BCUT2D eigenvalue weighted by Gasteiger charge is -1.97. The lowest BCUT2D eigenvalue weighted by atomic mass is 10.4. The van der Waals surface area contributed by atoms with Gasteiger partial charge in [0.1, 0.15) is 5.51 Å². The smallest absolute Gasteiger partial charge is 0.205 e. The highest BCUT2D eigenvalue weighted by Gasteiger charge is 1.92. The van der Waals surface area contributed by atoms with Crippen LogP contribution in [0, 0.1) is 0 Å². The molecule has 1 aromatic heterocycles. The summed E-state index contributed by atoms with van der Waals surface area (Å²) in [7, 11) is 0. The van der Waals surface area contributed by atoms with Gasteiger partial charge in [-0.05, 0) is 6.92 Å². The molecule has 0 unspecified atom stereocenters. The summed E-state index contributed by atoms with van der Waals surface area (Å²) in [5, 5.41) is 11.4. The molecule has 3 nitrogen and oxygen atoms in total. The van der Waals surface area contributed by atoms with Gasteiger partial charge in [0, 0.05) is 6.54 Å².